The predicted octanol–water partition coefficient (Wildman–Crippen LogP) is 1.70. The van der Waals surface area contributed by atoms with Crippen LogP contribution in [0.15, 0.2) is 23.3 Å². The van der Waals surface area contributed by atoms with Crippen LogP contribution >= 0.6 is 0 Å². The molecule has 1 N–H and O–H groups in total. The second-order valence-corrected chi connectivity index (χ2v) is 7.19. The monoisotopic (exact) mass is 458 g/mol. The lowest BCUT2D eigenvalue weighted by Crippen LogP contribution is -2.26. The van der Waals surface area contributed by atoms with Crippen LogP contribution < -0.4 is 10.4 Å². The van der Waals surface area contributed by atoms with Crippen molar-refractivity contribution in [1.82, 2.24) is 24.3 Å². The summed E-state index contributed by atoms with van der Waals surface area (Å²) < 4.78 is 36.6. The number of nitriles is 1. The summed E-state index contributed by atoms with van der Waals surface area (Å²) in [5, 5.41) is 22.5. The highest BCUT2D eigenvalue weighted by Crippen LogP contribution is 2.25. The molecule has 0 radical (unpaired) electrons. The van der Waals surface area contributed by atoms with Crippen LogP contribution in [-0.2, 0) is 19.6 Å². The van der Waals surface area contributed by atoms with Crippen LogP contribution in [0.25, 0.3) is 5.82 Å². The fraction of sp³-hybridized carbons (Fsp3) is 0.333. The highest BCUT2D eigenvalue weighted by molar-refractivity contribution is 6.00. The molecular formula is C21H20F2N6O4. The van der Waals surface area contributed by atoms with Crippen molar-refractivity contribution in [3.05, 3.63) is 63.1 Å². The van der Waals surface area contributed by atoms with Gasteiger partial charge < -0.3 is 9.84 Å². The van der Waals surface area contributed by atoms with Crippen molar-refractivity contribution in [2.24, 2.45) is 0 Å². The Morgan fingerprint density at radius 3 is 2.61 bits per heavy atom. The van der Waals surface area contributed by atoms with E-state index in [1.807, 2.05) is 0 Å². The van der Waals surface area contributed by atoms with Crippen LogP contribution in [0.2, 0.25) is 0 Å². The summed E-state index contributed by atoms with van der Waals surface area (Å²) in [5.41, 5.74) is -1.36. The fourth-order valence-electron chi connectivity index (χ4n) is 3.13. The number of carbonyl (C=O) groups is 1. The Hall–Kier alpha value is -3.98. The van der Waals surface area contributed by atoms with Gasteiger partial charge in [-0.1, -0.05) is 0 Å². The van der Waals surface area contributed by atoms with Crippen molar-refractivity contribution in [3.63, 3.8) is 0 Å². The average molecular weight is 458 g/mol. The van der Waals surface area contributed by atoms with E-state index in [-0.39, 0.29) is 34.9 Å². The smallest absolute Gasteiger partial charge is 0.352 e. The van der Waals surface area contributed by atoms with Crippen molar-refractivity contribution in [1.29, 1.82) is 5.26 Å². The summed E-state index contributed by atoms with van der Waals surface area (Å²) in [4.78, 5) is 33.1. The molecule has 3 aromatic heterocycles. The average Bonchev–Trinajstić information content (AvgIpc) is 3.10. The molecule has 0 spiro atoms. The Kier molecular flexibility index (Phi) is 6.93. The van der Waals surface area contributed by atoms with Crippen LogP contribution in [0.5, 0.6) is 5.88 Å². The van der Waals surface area contributed by atoms with Gasteiger partial charge in [0, 0.05) is 24.7 Å². The van der Waals surface area contributed by atoms with Gasteiger partial charge in [0.2, 0.25) is 5.88 Å². The van der Waals surface area contributed by atoms with Crippen molar-refractivity contribution in [2.75, 3.05) is 0 Å². The van der Waals surface area contributed by atoms with Gasteiger partial charge in [-0.2, -0.15) is 14.9 Å². The van der Waals surface area contributed by atoms with Gasteiger partial charge in [-0.05, 0) is 26.8 Å². The number of carbonyl (C=O) groups excluding carboxylic acids is 1. The predicted molar refractivity (Wildman–Crippen MR) is 110 cm³/mol. The van der Waals surface area contributed by atoms with Gasteiger partial charge in [0.05, 0.1) is 23.4 Å². The number of hydrogen-bond acceptors (Lipinski definition) is 8. The molecule has 0 saturated heterocycles. The van der Waals surface area contributed by atoms with Crippen LogP contribution in [-0.4, -0.2) is 41.3 Å². The molecule has 0 atom stereocenters. The van der Waals surface area contributed by atoms with Gasteiger partial charge in [0.25, 0.3) is 0 Å². The number of Topliss-reactive ketones (excluding diaryl/α,β-unsaturated/α-hetero) is 1. The number of aromatic nitrogens is 5. The summed E-state index contributed by atoms with van der Waals surface area (Å²) in [7, 11) is 0. The minimum absolute atomic E-state index is 0.00683. The first-order valence-corrected chi connectivity index (χ1v) is 9.94. The van der Waals surface area contributed by atoms with E-state index < -0.39 is 48.1 Å². The number of nitrogens with zero attached hydrogens (tertiary/aromatic N) is 6. The van der Waals surface area contributed by atoms with E-state index in [2.05, 4.69) is 15.1 Å². The number of aliphatic hydroxyl groups is 1. The molecule has 33 heavy (non-hydrogen) atoms. The molecule has 0 aliphatic rings. The molecule has 3 heterocycles. The molecule has 0 amide bonds. The maximum atomic E-state index is 15.0. The molecular weight excluding hydrogens is 438 g/mol. The topological polar surface area (TPSA) is 136 Å². The van der Waals surface area contributed by atoms with Crippen molar-refractivity contribution in [3.8, 4) is 17.8 Å². The number of pyridine rings is 2. The molecule has 0 aromatic carbocycles. The summed E-state index contributed by atoms with van der Waals surface area (Å²) in [6.45, 7) is 4.58. The summed E-state index contributed by atoms with van der Waals surface area (Å²) in [6, 6.07) is 2.59. The van der Waals surface area contributed by atoms with E-state index >= 15 is 4.39 Å². The van der Waals surface area contributed by atoms with Crippen molar-refractivity contribution < 1.29 is 23.4 Å². The quantitative estimate of drug-likeness (QED) is 0.504. The maximum absolute atomic E-state index is 15.0. The lowest BCUT2D eigenvalue weighted by molar-refractivity contribution is 0.0984. The van der Waals surface area contributed by atoms with Crippen LogP contribution in [0, 0.1) is 23.0 Å². The largest absolute Gasteiger partial charge is 0.474 e. The first-order valence-electron chi connectivity index (χ1n) is 9.94. The van der Waals surface area contributed by atoms with Crippen molar-refractivity contribution in [2.45, 2.75) is 46.4 Å². The highest BCUT2D eigenvalue weighted by atomic mass is 19.1. The third kappa shape index (κ3) is 4.63. The van der Waals surface area contributed by atoms with Gasteiger partial charge in [-0.15, -0.1) is 5.10 Å². The third-order valence-electron chi connectivity index (χ3n) is 4.63. The summed E-state index contributed by atoms with van der Waals surface area (Å²) in [6.07, 6.45) is 0.943. The fourth-order valence-corrected chi connectivity index (χ4v) is 3.13. The van der Waals surface area contributed by atoms with E-state index in [4.69, 9.17) is 4.74 Å². The molecule has 0 fully saturated rings. The SMILES string of the molecule is CCn1c(CO)nn(-c2nc(OC(C)C)c(C(=O)Cc3c(F)cncc3C#N)cc2F)c1=O. The number of hydrogen-bond donors (Lipinski definition) is 1. The van der Waals surface area contributed by atoms with Crippen LogP contribution in [0.3, 0.4) is 0 Å². The van der Waals surface area contributed by atoms with Crippen molar-refractivity contribution >= 4 is 5.78 Å². The first-order chi connectivity index (χ1) is 15.7. The van der Waals surface area contributed by atoms with E-state index in [0.29, 0.717) is 4.68 Å². The second kappa shape index (κ2) is 9.66. The van der Waals surface area contributed by atoms with Gasteiger partial charge in [-0.25, -0.2) is 13.6 Å². The number of halogens is 2. The normalized spacial score (nSPS) is 11.0. The number of ketones is 1. The summed E-state index contributed by atoms with van der Waals surface area (Å²) in [5.74, 6) is -3.48. The van der Waals surface area contributed by atoms with E-state index in [9.17, 15) is 24.3 Å². The Morgan fingerprint density at radius 2 is 2.03 bits per heavy atom. The van der Waals surface area contributed by atoms with E-state index in [1.165, 1.54) is 0 Å². The molecule has 0 bridgehead atoms. The summed E-state index contributed by atoms with van der Waals surface area (Å²) >= 11 is 0. The van der Waals surface area contributed by atoms with Gasteiger partial charge in [0.15, 0.2) is 23.2 Å². The Labute approximate surface area is 186 Å². The highest BCUT2D eigenvalue weighted by Gasteiger charge is 2.25. The van der Waals surface area contributed by atoms with Crippen LogP contribution in [0.4, 0.5) is 8.78 Å². The molecule has 0 aliphatic carbocycles. The maximum Gasteiger partial charge on any atom is 0.352 e. The third-order valence-corrected chi connectivity index (χ3v) is 4.63. The molecule has 10 nitrogen and oxygen atoms in total. The Bertz CT molecular complexity index is 1310. The first kappa shape index (κ1) is 23.7. The lowest BCUT2D eigenvalue weighted by Gasteiger charge is -2.14. The molecule has 3 aromatic rings. The zero-order valence-electron chi connectivity index (χ0n) is 18.0. The Balaban J connectivity index is 2.12. The second-order valence-electron chi connectivity index (χ2n) is 7.19. The molecule has 172 valence electrons. The van der Waals surface area contributed by atoms with Gasteiger partial charge >= 0.3 is 5.69 Å². The molecule has 12 heteroatoms. The number of rotatable bonds is 8. The minimum Gasteiger partial charge on any atom is -0.474 e. The minimum atomic E-state index is -1.06. The molecule has 0 unspecified atom stereocenters. The Morgan fingerprint density at radius 1 is 1.30 bits per heavy atom. The van der Waals surface area contributed by atoms with Gasteiger partial charge in [-0.3, -0.25) is 14.3 Å². The zero-order chi connectivity index (χ0) is 24.3. The number of aliphatic hydroxyl groups excluding tert-OH is 1. The van der Waals surface area contributed by atoms with E-state index in [0.717, 1.165) is 23.0 Å². The van der Waals surface area contributed by atoms with Crippen LogP contribution in [0.1, 0.15) is 48.1 Å². The molecule has 0 aliphatic heterocycles. The van der Waals surface area contributed by atoms with Gasteiger partial charge in [0.1, 0.15) is 18.5 Å². The number of ether oxygens (including phenoxy) is 1. The lowest BCUT2D eigenvalue weighted by atomic mass is 10.0. The standard InChI is InChI=1S/C21H20F2N6O4/c1-4-28-18(10-30)27-29(21(28)32)19-15(22)5-14(20(26-19)33-11(2)3)17(31)6-13-12(7-24)8-25-9-16(13)23/h5,8-9,11,30H,4,6,10H2,1-3H3. The zero-order valence-corrected chi connectivity index (χ0v) is 18.0. The van der Waals surface area contributed by atoms with E-state index in [1.54, 1.807) is 26.8 Å². The molecule has 0 saturated carbocycles. The molecule has 3 rings (SSSR count).